The number of nitrogens with zero attached hydrogens (tertiary/aromatic N) is 2. The SMILES string of the molecule is C=C1CCCCCN2CCN(CC)C(=O)/C2=C/1F. The third kappa shape index (κ3) is 2.42. The maximum atomic E-state index is 14.4. The lowest BCUT2D eigenvalue weighted by Crippen LogP contribution is -2.49. The van der Waals surface area contributed by atoms with Crippen molar-refractivity contribution in [3.63, 3.8) is 0 Å². The molecule has 0 N–H and O–H groups in total. The number of rotatable bonds is 1. The second-order valence-corrected chi connectivity index (χ2v) is 4.95. The molecule has 0 radical (unpaired) electrons. The molecule has 0 aliphatic carbocycles. The van der Waals surface area contributed by atoms with Crippen molar-refractivity contribution < 1.29 is 9.18 Å². The number of halogens is 1. The quantitative estimate of drug-likeness (QED) is 0.715. The largest absolute Gasteiger partial charge is 0.363 e. The minimum atomic E-state index is -0.389. The Labute approximate surface area is 108 Å². The maximum absolute atomic E-state index is 14.4. The predicted molar refractivity (Wildman–Crippen MR) is 69.6 cm³/mol. The summed E-state index contributed by atoms with van der Waals surface area (Å²) in [4.78, 5) is 15.9. The van der Waals surface area contributed by atoms with Crippen LogP contribution in [0.2, 0.25) is 0 Å². The predicted octanol–water partition coefficient (Wildman–Crippen LogP) is 2.46. The van der Waals surface area contributed by atoms with Crippen LogP contribution in [-0.2, 0) is 4.79 Å². The number of hydrogen-bond donors (Lipinski definition) is 0. The van der Waals surface area contributed by atoms with E-state index in [1.165, 1.54) is 0 Å². The van der Waals surface area contributed by atoms with Gasteiger partial charge in [0, 0.05) is 26.2 Å². The molecule has 3 nitrogen and oxygen atoms in total. The molecule has 1 fully saturated rings. The zero-order chi connectivity index (χ0) is 13.1. The number of hydrogen-bond acceptors (Lipinski definition) is 2. The Morgan fingerprint density at radius 3 is 2.72 bits per heavy atom. The minimum Gasteiger partial charge on any atom is -0.363 e. The summed E-state index contributed by atoms with van der Waals surface area (Å²) in [5.74, 6) is -0.565. The molecule has 2 aliphatic rings. The van der Waals surface area contributed by atoms with Gasteiger partial charge in [-0.2, -0.15) is 0 Å². The van der Waals surface area contributed by atoms with Gasteiger partial charge in [-0.05, 0) is 31.8 Å². The standard InChI is InChI=1S/C14H21FN2O/c1-3-16-9-10-17-8-6-4-5-7-11(2)12(15)13(17)14(16)18/h2-10H2,1H3/b13-12+. The van der Waals surface area contributed by atoms with Crippen LogP contribution in [-0.4, -0.2) is 41.9 Å². The Kier molecular flexibility index (Phi) is 4.04. The summed E-state index contributed by atoms with van der Waals surface area (Å²) >= 11 is 0. The van der Waals surface area contributed by atoms with Crippen LogP contribution in [0.4, 0.5) is 4.39 Å². The van der Waals surface area contributed by atoms with E-state index in [9.17, 15) is 9.18 Å². The van der Waals surface area contributed by atoms with Gasteiger partial charge in [0.1, 0.15) is 5.70 Å². The Bertz CT molecular complexity index is 389. The molecule has 0 aromatic carbocycles. The molecule has 0 saturated carbocycles. The molecule has 0 aromatic heterocycles. The van der Waals surface area contributed by atoms with Crippen LogP contribution in [0.3, 0.4) is 0 Å². The van der Waals surface area contributed by atoms with Crippen LogP contribution >= 0.6 is 0 Å². The summed E-state index contributed by atoms with van der Waals surface area (Å²) in [6.45, 7) is 8.55. The van der Waals surface area contributed by atoms with Gasteiger partial charge in [-0.25, -0.2) is 4.39 Å². The van der Waals surface area contributed by atoms with E-state index in [2.05, 4.69) is 6.58 Å². The van der Waals surface area contributed by atoms with Crippen LogP contribution in [0.5, 0.6) is 0 Å². The van der Waals surface area contributed by atoms with Crippen LogP contribution in [0.1, 0.15) is 32.6 Å². The van der Waals surface area contributed by atoms with E-state index in [1.54, 1.807) is 4.90 Å². The maximum Gasteiger partial charge on any atom is 0.273 e. The highest BCUT2D eigenvalue weighted by Gasteiger charge is 2.32. The normalized spacial score (nSPS) is 26.6. The molecule has 1 amide bonds. The highest BCUT2D eigenvalue weighted by atomic mass is 19.1. The molecule has 2 rings (SSSR count). The lowest BCUT2D eigenvalue weighted by atomic mass is 10.1. The molecule has 18 heavy (non-hydrogen) atoms. The van der Waals surface area contributed by atoms with E-state index in [4.69, 9.17) is 0 Å². The third-order valence-corrected chi connectivity index (χ3v) is 3.75. The zero-order valence-electron chi connectivity index (χ0n) is 11.0. The average molecular weight is 252 g/mol. The molecule has 0 spiro atoms. The monoisotopic (exact) mass is 252 g/mol. The Morgan fingerprint density at radius 2 is 2.00 bits per heavy atom. The first-order valence-electron chi connectivity index (χ1n) is 6.77. The zero-order valence-corrected chi connectivity index (χ0v) is 11.0. The van der Waals surface area contributed by atoms with E-state index < -0.39 is 0 Å². The number of likely N-dealkylation sites (N-methyl/N-ethyl adjacent to an activating group) is 1. The summed E-state index contributed by atoms with van der Waals surface area (Å²) < 4.78 is 14.4. The molecule has 2 heterocycles. The van der Waals surface area contributed by atoms with Crippen molar-refractivity contribution in [3.8, 4) is 0 Å². The van der Waals surface area contributed by atoms with Crippen LogP contribution in [0, 0.1) is 0 Å². The van der Waals surface area contributed by atoms with Gasteiger partial charge in [-0.1, -0.05) is 13.0 Å². The first-order chi connectivity index (χ1) is 8.65. The van der Waals surface area contributed by atoms with Gasteiger partial charge >= 0.3 is 0 Å². The Balaban J connectivity index is 2.35. The third-order valence-electron chi connectivity index (χ3n) is 3.75. The van der Waals surface area contributed by atoms with E-state index >= 15 is 0 Å². The van der Waals surface area contributed by atoms with Crippen molar-refractivity contribution in [1.82, 2.24) is 9.80 Å². The first kappa shape index (κ1) is 13.1. The second-order valence-electron chi connectivity index (χ2n) is 4.95. The molecule has 0 bridgehead atoms. The van der Waals surface area contributed by atoms with Crippen LogP contribution in [0.15, 0.2) is 23.7 Å². The van der Waals surface area contributed by atoms with Crippen molar-refractivity contribution in [2.24, 2.45) is 0 Å². The fourth-order valence-electron chi connectivity index (χ4n) is 2.59. The van der Waals surface area contributed by atoms with Gasteiger partial charge in [0.05, 0.1) is 0 Å². The number of piperazine rings is 1. The Morgan fingerprint density at radius 1 is 1.22 bits per heavy atom. The Hall–Kier alpha value is -1.32. The lowest BCUT2D eigenvalue weighted by Gasteiger charge is -2.37. The van der Waals surface area contributed by atoms with E-state index in [0.717, 1.165) is 32.4 Å². The molecular formula is C14H21FN2O. The van der Waals surface area contributed by atoms with Crippen LogP contribution < -0.4 is 0 Å². The van der Waals surface area contributed by atoms with Crippen molar-refractivity contribution in [2.45, 2.75) is 32.6 Å². The van der Waals surface area contributed by atoms with Gasteiger partial charge in [0.15, 0.2) is 5.83 Å². The molecule has 4 heteroatoms. The fraction of sp³-hybridized carbons (Fsp3) is 0.643. The molecule has 0 aromatic rings. The van der Waals surface area contributed by atoms with Crippen molar-refractivity contribution in [1.29, 1.82) is 0 Å². The van der Waals surface area contributed by atoms with E-state index in [0.29, 0.717) is 25.1 Å². The van der Waals surface area contributed by atoms with Gasteiger partial charge < -0.3 is 9.80 Å². The molecule has 0 unspecified atom stereocenters. The van der Waals surface area contributed by atoms with E-state index in [-0.39, 0.29) is 17.4 Å². The van der Waals surface area contributed by atoms with Gasteiger partial charge in [-0.15, -0.1) is 0 Å². The number of allylic oxidation sites excluding steroid dienone is 2. The summed E-state index contributed by atoms with van der Waals surface area (Å²) in [5.41, 5.74) is 0.721. The molecule has 2 aliphatic heterocycles. The van der Waals surface area contributed by atoms with Crippen LogP contribution in [0.25, 0.3) is 0 Å². The smallest absolute Gasteiger partial charge is 0.273 e. The summed E-state index contributed by atoms with van der Waals surface area (Å²) in [6.07, 6.45) is 3.70. The highest BCUT2D eigenvalue weighted by Crippen LogP contribution is 2.28. The first-order valence-corrected chi connectivity index (χ1v) is 6.77. The molecule has 0 atom stereocenters. The van der Waals surface area contributed by atoms with Crippen molar-refractivity contribution in [3.05, 3.63) is 23.7 Å². The fourth-order valence-corrected chi connectivity index (χ4v) is 2.59. The number of amides is 1. The van der Waals surface area contributed by atoms with Gasteiger partial charge in [0.2, 0.25) is 0 Å². The summed E-state index contributed by atoms with van der Waals surface area (Å²) in [6, 6.07) is 0. The number of carbonyl (C=O) groups is 1. The minimum absolute atomic E-state index is 0.177. The summed E-state index contributed by atoms with van der Waals surface area (Å²) in [5, 5.41) is 0. The summed E-state index contributed by atoms with van der Waals surface area (Å²) in [7, 11) is 0. The lowest BCUT2D eigenvalue weighted by molar-refractivity contribution is -0.131. The van der Waals surface area contributed by atoms with Gasteiger partial charge in [-0.3, -0.25) is 4.79 Å². The molecule has 1 saturated heterocycles. The highest BCUT2D eigenvalue weighted by molar-refractivity contribution is 5.94. The topological polar surface area (TPSA) is 23.6 Å². The second kappa shape index (κ2) is 5.55. The van der Waals surface area contributed by atoms with Crippen molar-refractivity contribution in [2.75, 3.05) is 26.2 Å². The van der Waals surface area contributed by atoms with Gasteiger partial charge in [0.25, 0.3) is 5.91 Å². The van der Waals surface area contributed by atoms with E-state index in [1.807, 2.05) is 11.8 Å². The average Bonchev–Trinajstić information content (AvgIpc) is 2.43. The molecule has 100 valence electrons. The molecular weight excluding hydrogens is 231 g/mol. The van der Waals surface area contributed by atoms with Crippen molar-refractivity contribution >= 4 is 5.91 Å². The number of carbonyl (C=O) groups excluding carboxylic acids is 1. The number of fused-ring (bicyclic) bond motifs is 1.